The Bertz CT molecular complexity index is 729. The third-order valence-corrected chi connectivity index (χ3v) is 6.53. The van der Waals surface area contributed by atoms with Crippen LogP contribution in [0.3, 0.4) is 0 Å². The lowest BCUT2D eigenvalue weighted by Crippen LogP contribution is -2.54. The standard InChI is InChI=1S/C21H33N7O.HI/c1-27(2)19(29)13-24-20(26-18-12-15-6-7-16(18)11-15)25-17-5-3-10-28(14-17)21-22-8-4-9-23-21;/h4,8-9,15-18H,3,5-7,10-14H2,1-2H3,(H2,24,25,26);1H. The van der Waals surface area contributed by atoms with Gasteiger partial charge in [-0.2, -0.15) is 0 Å². The van der Waals surface area contributed by atoms with E-state index < -0.39 is 0 Å². The molecular formula is C21H34IN7O. The molecule has 4 atom stereocenters. The largest absolute Gasteiger partial charge is 0.353 e. The molecule has 2 heterocycles. The van der Waals surface area contributed by atoms with Crippen LogP contribution in [0, 0.1) is 11.8 Å². The van der Waals surface area contributed by atoms with Crippen molar-refractivity contribution >= 4 is 41.8 Å². The molecule has 1 amide bonds. The van der Waals surface area contributed by atoms with E-state index in [0.717, 1.165) is 49.7 Å². The van der Waals surface area contributed by atoms with Crippen LogP contribution in [0.1, 0.15) is 38.5 Å². The fourth-order valence-electron chi connectivity index (χ4n) is 4.94. The van der Waals surface area contributed by atoms with Crippen molar-refractivity contribution in [2.24, 2.45) is 16.8 Å². The molecule has 1 aliphatic heterocycles. The summed E-state index contributed by atoms with van der Waals surface area (Å²) in [6, 6.07) is 2.58. The van der Waals surface area contributed by atoms with Gasteiger partial charge in [0, 0.05) is 51.7 Å². The van der Waals surface area contributed by atoms with Gasteiger partial charge in [0.1, 0.15) is 6.54 Å². The summed E-state index contributed by atoms with van der Waals surface area (Å²) in [5, 5.41) is 7.27. The van der Waals surface area contributed by atoms with Crippen LogP contribution < -0.4 is 15.5 Å². The lowest BCUT2D eigenvalue weighted by Gasteiger charge is -2.35. The number of likely N-dealkylation sites (N-methyl/N-ethyl adjacent to an activating group) is 1. The first-order valence-corrected chi connectivity index (χ1v) is 10.9. The van der Waals surface area contributed by atoms with E-state index >= 15 is 0 Å². The monoisotopic (exact) mass is 527 g/mol. The van der Waals surface area contributed by atoms with Crippen LogP contribution in [0.15, 0.2) is 23.5 Å². The van der Waals surface area contributed by atoms with Gasteiger partial charge in [-0.05, 0) is 50.0 Å². The summed E-state index contributed by atoms with van der Waals surface area (Å²) >= 11 is 0. The van der Waals surface area contributed by atoms with Gasteiger partial charge < -0.3 is 20.4 Å². The molecule has 2 saturated carbocycles. The Morgan fingerprint density at radius 3 is 2.67 bits per heavy atom. The van der Waals surface area contributed by atoms with Crippen molar-refractivity contribution in [1.29, 1.82) is 0 Å². The predicted octanol–water partition coefficient (Wildman–Crippen LogP) is 1.88. The molecule has 0 aromatic carbocycles. The van der Waals surface area contributed by atoms with Crippen molar-refractivity contribution in [2.75, 3.05) is 38.6 Å². The van der Waals surface area contributed by atoms with Gasteiger partial charge in [-0.15, -0.1) is 24.0 Å². The zero-order valence-electron chi connectivity index (χ0n) is 18.0. The molecule has 1 aromatic heterocycles. The SMILES string of the molecule is CN(C)C(=O)CN=C(NC1CCCN(c2ncccn2)C1)NC1CC2CCC1C2.I. The Kier molecular flexibility index (Phi) is 8.13. The number of carbonyl (C=O) groups excluding carboxylic acids is 1. The van der Waals surface area contributed by atoms with Crippen molar-refractivity contribution in [3.63, 3.8) is 0 Å². The number of aliphatic imine (C=N–C) groups is 1. The van der Waals surface area contributed by atoms with E-state index in [2.05, 4.69) is 30.5 Å². The average Bonchev–Trinajstić information content (AvgIpc) is 3.36. The van der Waals surface area contributed by atoms with E-state index in [0.29, 0.717) is 6.04 Å². The van der Waals surface area contributed by atoms with E-state index in [1.807, 2.05) is 6.07 Å². The van der Waals surface area contributed by atoms with Gasteiger partial charge in [-0.1, -0.05) is 6.42 Å². The number of hydrogen-bond acceptors (Lipinski definition) is 5. The Labute approximate surface area is 196 Å². The lowest BCUT2D eigenvalue weighted by atomic mass is 9.95. The van der Waals surface area contributed by atoms with Gasteiger partial charge in [-0.3, -0.25) is 4.79 Å². The number of fused-ring (bicyclic) bond motifs is 2. The van der Waals surface area contributed by atoms with Gasteiger partial charge in [0.25, 0.3) is 0 Å². The Morgan fingerprint density at radius 2 is 2.00 bits per heavy atom. The molecule has 1 saturated heterocycles. The molecule has 9 heteroatoms. The molecular weight excluding hydrogens is 493 g/mol. The highest BCUT2D eigenvalue weighted by molar-refractivity contribution is 14.0. The highest BCUT2D eigenvalue weighted by Gasteiger charge is 2.40. The van der Waals surface area contributed by atoms with E-state index in [9.17, 15) is 4.79 Å². The summed E-state index contributed by atoms with van der Waals surface area (Å²) in [6.07, 6.45) is 11.0. The predicted molar refractivity (Wildman–Crippen MR) is 129 cm³/mol. The fourth-order valence-corrected chi connectivity index (χ4v) is 4.94. The van der Waals surface area contributed by atoms with Crippen LogP contribution in [0.5, 0.6) is 0 Å². The molecule has 2 bridgehead atoms. The number of piperidine rings is 1. The average molecular weight is 527 g/mol. The van der Waals surface area contributed by atoms with Crippen molar-refractivity contribution in [3.05, 3.63) is 18.5 Å². The van der Waals surface area contributed by atoms with Crippen LogP contribution >= 0.6 is 24.0 Å². The van der Waals surface area contributed by atoms with Crippen LogP contribution in [0.25, 0.3) is 0 Å². The maximum atomic E-state index is 12.1. The summed E-state index contributed by atoms with van der Waals surface area (Å²) in [5.74, 6) is 3.18. The summed E-state index contributed by atoms with van der Waals surface area (Å²) in [6.45, 7) is 1.97. The molecule has 8 nitrogen and oxygen atoms in total. The molecule has 1 aromatic rings. The van der Waals surface area contributed by atoms with Crippen LogP contribution in [-0.4, -0.2) is 72.5 Å². The first kappa shape index (κ1) is 23.0. The maximum Gasteiger partial charge on any atom is 0.243 e. The van der Waals surface area contributed by atoms with Crippen molar-refractivity contribution < 1.29 is 4.79 Å². The molecule has 0 radical (unpaired) electrons. The van der Waals surface area contributed by atoms with E-state index in [-0.39, 0.29) is 42.5 Å². The number of nitrogens with one attached hydrogen (secondary N) is 2. The molecule has 0 spiro atoms. The molecule has 3 aliphatic rings. The number of aromatic nitrogens is 2. The van der Waals surface area contributed by atoms with Crippen molar-refractivity contribution in [3.8, 4) is 0 Å². The number of guanidine groups is 1. The van der Waals surface area contributed by atoms with Crippen molar-refractivity contribution in [2.45, 2.75) is 50.6 Å². The van der Waals surface area contributed by atoms with E-state index in [1.54, 1.807) is 31.4 Å². The van der Waals surface area contributed by atoms with Gasteiger partial charge in [0.05, 0.1) is 0 Å². The number of rotatable bonds is 5. The number of carbonyl (C=O) groups is 1. The zero-order valence-corrected chi connectivity index (χ0v) is 20.3. The number of nitrogens with zero attached hydrogens (tertiary/aromatic N) is 5. The molecule has 2 N–H and O–H groups in total. The first-order valence-electron chi connectivity index (χ1n) is 10.9. The summed E-state index contributed by atoms with van der Waals surface area (Å²) in [7, 11) is 3.54. The minimum Gasteiger partial charge on any atom is -0.353 e. The van der Waals surface area contributed by atoms with Gasteiger partial charge in [0.2, 0.25) is 11.9 Å². The van der Waals surface area contributed by atoms with Gasteiger partial charge >= 0.3 is 0 Å². The first-order chi connectivity index (χ1) is 14.1. The van der Waals surface area contributed by atoms with E-state index in [4.69, 9.17) is 0 Å². The number of hydrogen-bond donors (Lipinski definition) is 2. The van der Waals surface area contributed by atoms with Gasteiger partial charge in [-0.25, -0.2) is 15.0 Å². The Hall–Kier alpha value is -1.65. The summed E-state index contributed by atoms with van der Waals surface area (Å²) in [5.41, 5.74) is 0. The quantitative estimate of drug-likeness (QED) is 0.346. The Balaban J connectivity index is 0.00000256. The highest BCUT2D eigenvalue weighted by Crippen LogP contribution is 2.44. The molecule has 4 unspecified atom stereocenters. The number of halogens is 1. The Morgan fingerprint density at radius 1 is 1.20 bits per heavy atom. The second kappa shape index (κ2) is 10.6. The van der Waals surface area contributed by atoms with Crippen LogP contribution in [-0.2, 0) is 4.79 Å². The second-order valence-corrected chi connectivity index (χ2v) is 8.86. The topological polar surface area (TPSA) is 85.8 Å². The summed E-state index contributed by atoms with van der Waals surface area (Å²) < 4.78 is 0. The molecule has 2 aliphatic carbocycles. The maximum absolute atomic E-state index is 12.1. The smallest absolute Gasteiger partial charge is 0.243 e. The second-order valence-electron chi connectivity index (χ2n) is 8.86. The lowest BCUT2D eigenvalue weighted by molar-refractivity contribution is -0.127. The molecule has 3 fully saturated rings. The summed E-state index contributed by atoms with van der Waals surface area (Å²) in [4.78, 5) is 29.3. The van der Waals surface area contributed by atoms with Crippen LogP contribution in [0.4, 0.5) is 5.95 Å². The normalized spacial score (nSPS) is 28.1. The van der Waals surface area contributed by atoms with Gasteiger partial charge in [0.15, 0.2) is 5.96 Å². The zero-order chi connectivity index (χ0) is 20.2. The fraction of sp³-hybridized carbons (Fsp3) is 0.714. The minimum absolute atomic E-state index is 0. The molecule has 166 valence electrons. The van der Waals surface area contributed by atoms with Crippen LogP contribution in [0.2, 0.25) is 0 Å². The number of amides is 1. The number of anilines is 1. The van der Waals surface area contributed by atoms with Crippen molar-refractivity contribution in [1.82, 2.24) is 25.5 Å². The minimum atomic E-state index is 0. The highest BCUT2D eigenvalue weighted by atomic mass is 127. The third-order valence-electron chi connectivity index (χ3n) is 6.53. The third kappa shape index (κ3) is 5.73. The molecule has 30 heavy (non-hydrogen) atoms. The molecule has 4 rings (SSSR count). The van der Waals surface area contributed by atoms with E-state index in [1.165, 1.54) is 25.7 Å².